The topological polar surface area (TPSA) is 241 Å². The summed E-state index contributed by atoms with van der Waals surface area (Å²) >= 11 is 0. The van der Waals surface area contributed by atoms with Crippen molar-refractivity contribution in [2.75, 3.05) is 0 Å². The molecule has 0 atom stereocenters. The van der Waals surface area contributed by atoms with Gasteiger partial charge in [-0.15, -0.1) is 0 Å². The molecule has 0 aromatic rings. The largest absolute Gasteiger partial charge is 3.00 e. The molecular formula is C12H12Nd2O12. The molecule has 0 saturated carbocycles. The van der Waals surface area contributed by atoms with E-state index in [4.69, 9.17) is 0 Å². The van der Waals surface area contributed by atoms with E-state index in [1.165, 1.54) is 0 Å². The molecule has 0 aromatic carbocycles. The van der Waals surface area contributed by atoms with Gasteiger partial charge in [0.1, 0.15) is 0 Å². The van der Waals surface area contributed by atoms with Crippen molar-refractivity contribution in [2.24, 2.45) is 0 Å². The van der Waals surface area contributed by atoms with E-state index in [9.17, 15) is 59.4 Å². The van der Waals surface area contributed by atoms with Gasteiger partial charge in [-0.2, -0.15) is 0 Å². The number of carboxylic acids is 6. The Morgan fingerprint density at radius 1 is 0.346 bits per heavy atom. The molecule has 26 heavy (non-hydrogen) atoms. The maximum atomic E-state index is 9.50. The molecule has 0 rings (SSSR count). The van der Waals surface area contributed by atoms with Crippen LogP contribution in [0, 0.1) is 81.7 Å². The van der Waals surface area contributed by atoms with Crippen LogP contribution >= 0.6 is 0 Å². The van der Waals surface area contributed by atoms with Gasteiger partial charge < -0.3 is 59.4 Å². The number of carboxylic acid groups (broad SMARTS) is 6. The predicted octanol–water partition coefficient (Wildman–Crippen LogP) is -8.20. The van der Waals surface area contributed by atoms with Crippen molar-refractivity contribution in [2.45, 2.75) is 38.5 Å². The van der Waals surface area contributed by atoms with Crippen LogP contribution in [0.5, 0.6) is 0 Å². The van der Waals surface area contributed by atoms with E-state index in [1.807, 2.05) is 0 Å². The van der Waals surface area contributed by atoms with Crippen LogP contribution in [-0.4, -0.2) is 35.8 Å². The quantitative estimate of drug-likeness (QED) is 0.229. The normalized spacial score (nSPS) is 7.85. The van der Waals surface area contributed by atoms with Gasteiger partial charge in [0.25, 0.3) is 0 Å². The van der Waals surface area contributed by atoms with Gasteiger partial charge in [0.05, 0.1) is 0 Å². The van der Waals surface area contributed by atoms with Crippen molar-refractivity contribution in [1.29, 1.82) is 0 Å². The number of rotatable bonds is 9. The van der Waals surface area contributed by atoms with E-state index in [1.54, 1.807) is 0 Å². The van der Waals surface area contributed by atoms with Crippen LogP contribution in [0.4, 0.5) is 0 Å². The van der Waals surface area contributed by atoms with Crippen molar-refractivity contribution in [1.82, 2.24) is 0 Å². The standard InChI is InChI=1S/3C4H6O4.2Nd/c3*5-3(6)1-2-4(7)8;;/h3*1-2H2,(H,5,6)(H,7,8);;/q;;;2*+3/p-6. The zero-order chi connectivity index (χ0) is 19.7. The van der Waals surface area contributed by atoms with Gasteiger partial charge >= 0.3 is 81.7 Å². The smallest absolute Gasteiger partial charge is 0.550 e. The molecule has 14 heteroatoms. The second kappa shape index (κ2) is 24.5. The molecule has 2 radical (unpaired) electrons. The van der Waals surface area contributed by atoms with Crippen molar-refractivity contribution < 1.29 is 141 Å². The second-order valence-corrected chi connectivity index (χ2v) is 3.73. The Hall–Kier alpha value is -0.479. The second-order valence-electron chi connectivity index (χ2n) is 3.73. The Balaban J connectivity index is -0.0000000817. The van der Waals surface area contributed by atoms with Crippen LogP contribution < -0.4 is 30.6 Å². The molecule has 0 aliphatic carbocycles. The summed E-state index contributed by atoms with van der Waals surface area (Å²) in [6, 6.07) is 0. The minimum absolute atomic E-state index is 0. The summed E-state index contributed by atoms with van der Waals surface area (Å²) in [5.74, 6) is -8.20. The maximum Gasteiger partial charge on any atom is 3.00 e. The van der Waals surface area contributed by atoms with E-state index in [0.717, 1.165) is 0 Å². The number of hydrogen-bond donors (Lipinski definition) is 0. The minimum atomic E-state index is -1.37. The van der Waals surface area contributed by atoms with Gasteiger partial charge in [-0.05, 0) is 38.5 Å². The third kappa shape index (κ3) is 56.6. The van der Waals surface area contributed by atoms with Gasteiger partial charge in [-0.1, -0.05) is 0 Å². The molecule has 0 heterocycles. The number of hydrogen-bond acceptors (Lipinski definition) is 12. The molecule has 0 unspecified atom stereocenters. The van der Waals surface area contributed by atoms with Gasteiger partial charge in [-0.25, -0.2) is 0 Å². The van der Waals surface area contributed by atoms with E-state index < -0.39 is 74.3 Å². The molecular weight excluding hydrogens is 625 g/mol. The van der Waals surface area contributed by atoms with Gasteiger partial charge in [0.15, 0.2) is 0 Å². The van der Waals surface area contributed by atoms with Gasteiger partial charge in [0, 0.05) is 35.8 Å². The number of carbonyl (C=O) groups is 6. The fourth-order valence-electron chi connectivity index (χ4n) is 0.612. The molecule has 0 bridgehead atoms. The molecule has 0 saturated heterocycles. The Morgan fingerprint density at radius 3 is 0.462 bits per heavy atom. The van der Waals surface area contributed by atoms with Crippen molar-refractivity contribution in [3.8, 4) is 0 Å². The third-order valence-electron chi connectivity index (χ3n) is 1.60. The van der Waals surface area contributed by atoms with Crippen LogP contribution in [-0.2, 0) is 28.8 Å². The summed E-state index contributed by atoms with van der Waals surface area (Å²) in [6.07, 6.45) is -2.82. The van der Waals surface area contributed by atoms with Crippen LogP contribution in [0.3, 0.4) is 0 Å². The Labute approximate surface area is 213 Å². The molecule has 12 nitrogen and oxygen atoms in total. The Morgan fingerprint density at radius 2 is 0.423 bits per heavy atom. The van der Waals surface area contributed by atoms with E-state index in [-0.39, 0.29) is 81.7 Å². The number of aliphatic carboxylic acids is 6. The minimum Gasteiger partial charge on any atom is -0.550 e. The first-order chi connectivity index (χ1) is 10.9. The molecule has 0 aliphatic heterocycles. The monoisotopic (exact) mass is 632 g/mol. The summed E-state index contributed by atoms with van der Waals surface area (Å²) in [4.78, 5) is 57.0. The Bertz CT molecular complexity index is 355. The van der Waals surface area contributed by atoms with Crippen molar-refractivity contribution in [3.05, 3.63) is 0 Å². The SMILES string of the molecule is O=C([O-])CCC(=O)[O-].O=C([O-])CCC(=O)[O-].O=C([O-])CCC(=O)[O-].[Nd+3].[Nd+3]. The molecule has 0 aromatic heterocycles. The van der Waals surface area contributed by atoms with Crippen LogP contribution in [0.1, 0.15) is 38.5 Å². The Kier molecular flexibility index (Phi) is 34.4. The first-order valence-corrected chi connectivity index (χ1v) is 6.07. The molecule has 0 amide bonds. The summed E-state index contributed by atoms with van der Waals surface area (Å²) in [5.41, 5.74) is 0. The van der Waals surface area contributed by atoms with Crippen LogP contribution in [0.25, 0.3) is 0 Å². The fraction of sp³-hybridized carbons (Fsp3) is 0.500. The average Bonchev–Trinajstić information content (AvgIpc) is 2.42. The van der Waals surface area contributed by atoms with E-state index in [2.05, 4.69) is 0 Å². The summed E-state index contributed by atoms with van der Waals surface area (Å²) in [5, 5.41) is 57.0. The van der Waals surface area contributed by atoms with Gasteiger partial charge in [-0.3, -0.25) is 0 Å². The van der Waals surface area contributed by atoms with E-state index in [0.29, 0.717) is 0 Å². The van der Waals surface area contributed by atoms with Crippen LogP contribution in [0.2, 0.25) is 0 Å². The molecule has 0 fully saturated rings. The first-order valence-electron chi connectivity index (χ1n) is 6.07. The van der Waals surface area contributed by atoms with E-state index >= 15 is 0 Å². The van der Waals surface area contributed by atoms with Gasteiger partial charge in [0.2, 0.25) is 0 Å². The molecule has 0 N–H and O–H groups in total. The fourth-order valence-corrected chi connectivity index (χ4v) is 0.612. The average molecular weight is 637 g/mol. The first kappa shape index (κ1) is 36.4. The zero-order valence-electron chi connectivity index (χ0n) is 13.1. The van der Waals surface area contributed by atoms with Crippen LogP contribution in [0.15, 0.2) is 0 Å². The molecule has 0 aliphatic rings. The molecule has 140 valence electrons. The summed E-state index contributed by atoms with van der Waals surface area (Å²) in [6.45, 7) is 0. The summed E-state index contributed by atoms with van der Waals surface area (Å²) < 4.78 is 0. The van der Waals surface area contributed by atoms with Crippen molar-refractivity contribution >= 4 is 35.8 Å². The third-order valence-corrected chi connectivity index (χ3v) is 1.60. The predicted molar refractivity (Wildman–Crippen MR) is 57.7 cm³/mol. The molecule has 0 spiro atoms. The maximum absolute atomic E-state index is 9.50. The zero-order valence-corrected chi connectivity index (χ0v) is 19.6. The number of carbonyl (C=O) groups excluding carboxylic acids is 6. The van der Waals surface area contributed by atoms with Crippen molar-refractivity contribution in [3.63, 3.8) is 0 Å². The summed E-state index contributed by atoms with van der Waals surface area (Å²) in [7, 11) is 0.